The van der Waals surface area contributed by atoms with Crippen LogP contribution in [-0.4, -0.2) is 28.8 Å². The molecule has 0 saturated heterocycles. The lowest BCUT2D eigenvalue weighted by Crippen LogP contribution is -2.09. The molecule has 0 fully saturated rings. The third kappa shape index (κ3) is 4.62. The second-order valence-corrected chi connectivity index (χ2v) is 7.02. The Labute approximate surface area is 185 Å². The van der Waals surface area contributed by atoms with E-state index in [-0.39, 0.29) is 18.2 Å². The number of benzene rings is 3. The first kappa shape index (κ1) is 21.1. The summed E-state index contributed by atoms with van der Waals surface area (Å²) in [4.78, 5) is 12.3. The second-order valence-electron chi connectivity index (χ2n) is 7.02. The molecular formula is C25H23N3O4. The van der Waals surface area contributed by atoms with Crippen molar-refractivity contribution in [1.29, 1.82) is 0 Å². The average Bonchev–Trinajstić information content (AvgIpc) is 3.09. The molecule has 4 aromatic rings. The maximum atomic E-state index is 12.3. The van der Waals surface area contributed by atoms with Crippen LogP contribution >= 0.6 is 0 Å². The first-order chi connectivity index (χ1) is 15.7. The number of azo groups is 1. The molecule has 0 atom stereocenters. The Bertz CT molecular complexity index is 1250. The van der Waals surface area contributed by atoms with Gasteiger partial charge in [0.05, 0.1) is 18.7 Å². The summed E-state index contributed by atoms with van der Waals surface area (Å²) < 4.78 is 12.8. The van der Waals surface area contributed by atoms with E-state index < -0.39 is 5.91 Å². The van der Waals surface area contributed by atoms with E-state index in [1.807, 2.05) is 67.6 Å². The molecule has 0 radical (unpaired) electrons. The molecule has 1 amide bonds. The zero-order valence-corrected chi connectivity index (χ0v) is 17.6. The minimum absolute atomic E-state index is 0.0470. The van der Waals surface area contributed by atoms with E-state index in [9.17, 15) is 9.90 Å². The molecule has 4 rings (SSSR count). The van der Waals surface area contributed by atoms with Crippen molar-refractivity contribution in [3.63, 3.8) is 0 Å². The number of amides is 1. The van der Waals surface area contributed by atoms with Crippen LogP contribution in [0.5, 0.6) is 17.4 Å². The summed E-state index contributed by atoms with van der Waals surface area (Å²) >= 11 is 0. The largest absolute Gasteiger partial charge is 0.493 e. The van der Waals surface area contributed by atoms with Gasteiger partial charge in [-0.3, -0.25) is 4.79 Å². The van der Waals surface area contributed by atoms with Crippen LogP contribution in [0.25, 0.3) is 10.9 Å². The summed E-state index contributed by atoms with van der Waals surface area (Å²) in [6.07, 6.45) is 0. The zero-order valence-electron chi connectivity index (χ0n) is 17.6. The van der Waals surface area contributed by atoms with E-state index >= 15 is 0 Å². The summed E-state index contributed by atoms with van der Waals surface area (Å²) in [5.41, 5.74) is 2.08. The van der Waals surface area contributed by atoms with Crippen LogP contribution in [0.4, 0.5) is 5.69 Å². The predicted octanol–water partition coefficient (Wildman–Crippen LogP) is 5.48. The van der Waals surface area contributed by atoms with E-state index in [0.717, 1.165) is 11.1 Å². The Balaban J connectivity index is 1.54. The van der Waals surface area contributed by atoms with Crippen molar-refractivity contribution in [2.45, 2.75) is 13.5 Å². The molecule has 0 bridgehead atoms. The maximum absolute atomic E-state index is 12.3. The number of para-hydroxylation sites is 3. The fourth-order valence-corrected chi connectivity index (χ4v) is 3.41. The van der Waals surface area contributed by atoms with Crippen LogP contribution in [0.3, 0.4) is 0 Å². The lowest BCUT2D eigenvalue weighted by Gasteiger charge is -2.09. The van der Waals surface area contributed by atoms with Gasteiger partial charge in [-0.2, -0.15) is 0 Å². The monoisotopic (exact) mass is 429 g/mol. The SMILES string of the molecule is CCOc1ccccc1OCC(=O)N=Nc1c(O)n(Cc2ccccc2)c2ccccc12. The number of hydrogen-bond donors (Lipinski definition) is 1. The van der Waals surface area contributed by atoms with Crippen molar-refractivity contribution >= 4 is 22.5 Å². The topological polar surface area (TPSA) is 85.4 Å². The Kier molecular flexibility index (Phi) is 6.46. The van der Waals surface area contributed by atoms with Crippen molar-refractivity contribution in [3.8, 4) is 17.4 Å². The molecule has 1 aromatic heterocycles. The number of fused-ring (bicyclic) bond motifs is 1. The molecule has 0 aliphatic rings. The molecule has 1 N–H and O–H groups in total. The quantitative estimate of drug-likeness (QED) is 0.376. The van der Waals surface area contributed by atoms with Gasteiger partial charge in [0.1, 0.15) is 0 Å². The summed E-state index contributed by atoms with van der Waals surface area (Å²) in [5, 5.41) is 19.4. The number of aromatic hydroxyl groups is 1. The van der Waals surface area contributed by atoms with E-state index in [4.69, 9.17) is 9.47 Å². The molecule has 0 saturated carbocycles. The second kappa shape index (κ2) is 9.78. The molecule has 0 spiro atoms. The van der Waals surface area contributed by atoms with Crippen molar-refractivity contribution in [3.05, 3.63) is 84.4 Å². The molecule has 32 heavy (non-hydrogen) atoms. The smallest absolute Gasteiger partial charge is 0.302 e. The van der Waals surface area contributed by atoms with Crippen LogP contribution in [0.15, 0.2) is 89.1 Å². The van der Waals surface area contributed by atoms with Crippen LogP contribution in [-0.2, 0) is 11.3 Å². The van der Waals surface area contributed by atoms with E-state index in [0.29, 0.717) is 30.0 Å². The number of aromatic nitrogens is 1. The summed E-state index contributed by atoms with van der Waals surface area (Å²) in [6, 6.07) is 24.4. The highest BCUT2D eigenvalue weighted by molar-refractivity contribution is 5.95. The van der Waals surface area contributed by atoms with Crippen LogP contribution < -0.4 is 9.47 Å². The fourth-order valence-electron chi connectivity index (χ4n) is 3.41. The van der Waals surface area contributed by atoms with Gasteiger partial charge in [-0.25, -0.2) is 0 Å². The number of carbonyl (C=O) groups is 1. The van der Waals surface area contributed by atoms with Gasteiger partial charge in [0.2, 0.25) is 5.88 Å². The predicted molar refractivity (Wildman–Crippen MR) is 122 cm³/mol. The minimum Gasteiger partial charge on any atom is -0.493 e. The Morgan fingerprint density at radius 2 is 1.56 bits per heavy atom. The standard InChI is InChI=1S/C25H23N3O4/c1-2-31-21-14-8-9-15-22(21)32-17-23(29)26-27-24-19-12-6-7-13-20(19)28(25(24)30)16-18-10-4-3-5-11-18/h3-15,30H,2,16-17H2,1H3. The lowest BCUT2D eigenvalue weighted by molar-refractivity contribution is -0.120. The molecule has 0 aliphatic carbocycles. The van der Waals surface area contributed by atoms with Gasteiger partial charge < -0.3 is 19.1 Å². The number of nitrogens with zero attached hydrogens (tertiary/aromatic N) is 3. The lowest BCUT2D eigenvalue weighted by atomic mass is 10.2. The Morgan fingerprint density at radius 1 is 0.906 bits per heavy atom. The van der Waals surface area contributed by atoms with Gasteiger partial charge in [-0.1, -0.05) is 60.7 Å². The normalized spacial score (nSPS) is 11.2. The highest BCUT2D eigenvalue weighted by Crippen LogP contribution is 2.39. The van der Waals surface area contributed by atoms with Gasteiger partial charge >= 0.3 is 5.91 Å². The number of hydrogen-bond acceptors (Lipinski definition) is 5. The zero-order chi connectivity index (χ0) is 22.3. The Morgan fingerprint density at radius 3 is 2.31 bits per heavy atom. The highest BCUT2D eigenvalue weighted by Gasteiger charge is 2.17. The van der Waals surface area contributed by atoms with Crippen LogP contribution in [0.1, 0.15) is 12.5 Å². The van der Waals surface area contributed by atoms with Gasteiger partial charge in [-0.15, -0.1) is 10.2 Å². The molecule has 0 aliphatic heterocycles. The summed E-state index contributed by atoms with van der Waals surface area (Å²) in [6.45, 7) is 2.53. The number of carbonyl (C=O) groups excluding carboxylic acids is 1. The third-order valence-electron chi connectivity index (χ3n) is 4.86. The summed E-state index contributed by atoms with van der Waals surface area (Å²) in [7, 11) is 0. The van der Waals surface area contributed by atoms with E-state index in [2.05, 4.69) is 10.2 Å². The summed E-state index contributed by atoms with van der Waals surface area (Å²) in [5.74, 6) is 0.395. The third-order valence-corrected chi connectivity index (χ3v) is 4.86. The maximum Gasteiger partial charge on any atom is 0.302 e. The van der Waals surface area contributed by atoms with Gasteiger partial charge in [-0.05, 0) is 30.7 Å². The van der Waals surface area contributed by atoms with E-state index in [1.165, 1.54) is 0 Å². The van der Waals surface area contributed by atoms with Crippen molar-refractivity contribution in [2.24, 2.45) is 10.2 Å². The number of rotatable bonds is 8. The molecule has 3 aromatic carbocycles. The van der Waals surface area contributed by atoms with E-state index in [1.54, 1.807) is 22.8 Å². The fraction of sp³-hybridized carbons (Fsp3) is 0.160. The molecule has 7 nitrogen and oxygen atoms in total. The van der Waals surface area contributed by atoms with Crippen LogP contribution in [0, 0.1) is 0 Å². The Hall–Kier alpha value is -4.13. The van der Waals surface area contributed by atoms with Gasteiger partial charge in [0.15, 0.2) is 23.8 Å². The van der Waals surface area contributed by atoms with Crippen molar-refractivity contribution < 1.29 is 19.4 Å². The molecule has 162 valence electrons. The highest BCUT2D eigenvalue weighted by atomic mass is 16.5. The molecule has 0 unspecified atom stereocenters. The van der Waals surface area contributed by atoms with Crippen molar-refractivity contribution in [1.82, 2.24) is 4.57 Å². The first-order valence-electron chi connectivity index (χ1n) is 10.3. The molecule has 7 heteroatoms. The first-order valence-corrected chi connectivity index (χ1v) is 10.3. The van der Waals surface area contributed by atoms with Gasteiger partial charge in [0, 0.05) is 5.39 Å². The minimum atomic E-state index is -0.574. The average molecular weight is 429 g/mol. The molecule has 1 heterocycles. The van der Waals surface area contributed by atoms with Crippen LogP contribution in [0.2, 0.25) is 0 Å². The number of ether oxygens (including phenoxy) is 2. The van der Waals surface area contributed by atoms with Gasteiger partial charge in [0.25, 0.3) is 0 Å². The molecular weight excluding hydrogens is 406 g/mol. The van der Waals surface area contributed by atoms with Crippen molar-refractivity contribution in [2.75, 3.05) is 13.2 Å².